The van der Waals surface area contributed by atoms with Gasteiger partial charge in [-0.05, 0) is 24.1 Å². The van der Waals surface area contributed by atoms with Crippen LogP contribution in [0.4, 0.5) is 0 Å². The van der Waals surface area contributed by atoms with Crippen molar-refractivity contribution >= 4 is 5.91 Å². The Hall–Kier alpha value is -2.18. The molecular weight excluding hydrogens is 292 g/mol. The van der Waals surface area contributed by atoms with Gasteiger partial charge in [0.2, 0.25) is 5.91 Å². The van der Waals surface area contributed by atoms with Gasteiger partial charge in [-0.1, -0.05) is 24.3 Å². The third kappa shape index (κ3) is 4.18. The Bertz CT molecular complexity index is 625. The van der Waals surface area contributed by atoms with E-state index in [1.165, 1.54) is 5.56 Å². The molecule has 1 aliphatic rings. The van der Waals surface area contributed by atoms with Crippen molar-refractivity contribution in [1.29, 1.82) is 0 Å². The minimum Gasteiger partial charge on any atom is -0.375 e. The van der Waals surface area contributed by atoms with E-state index in [0.717, 1.165) is 12.1 Å². The first-order chi connectivity index (χ1) is 11.2. The molecule has 2 aromatic rings. The van der Waals surface area contributed by atoms with Crippen LogP contribution in [0, 0.1) is 0 Å². The lowest BCUT2D eigenvalue weighted by Gasteiger charge is -2.29. The Balaban J connectivity index is 1.51. The van der Waals surface area contributed by atoms with Crippen molar-refractivity contribution < 1.29 is 9.53 Å². The number of ether oxygens (including phenoxy) is 1. The van der Waals surface area contributed by atoms with Gasteiger partial charge < -0.3 is 15.4 Å². The molecule has 1 aromatic carbocycles. The van der Waals surface area contributed by atoms with Gasteiger partial charge in [0.05, 0.1) is 19.3 Å². The lowest BCUT2D eigenvalue weighted by Crippen LogP contribution is -2.55. The van der Waals surface area contributed by atoms with Crippen molar-refractivity contribution in [3.8, 4) is 0 Å². The largest absolute Gasteiger partial charge is 0.375 e. The molecule has 2 atom stereocenters. The number of hydrogen-bond donors (Lipinski definition) is 2. The normalized spacial score (nSPS) is 21.1. The van der Waals surface area contributed by atoms with E-state index < -0.39 is 0 Å². The van der Waals surface area contributed by atoms with Gasteiger partial charge in [0.1, 0.15) is 6.04 Å². The quantitative estimate of drug-likeness (QED) is 0.861. The summed E-state index contributed by atoms with van der Waals surface area (Å²) in [6.07, 6.45) is 3.61. The number of nitrogens with zero attached hydrogens (tertiary/aromatic N) is 2. The van der Waals surface area contributed by atoms with Gasteiger partial charge >= 0.3 is 0 Å². The van der Waals surface area contributed by atoms with Crippen molar-refractivity contribution in [2.24, 2.45) is 0 Å². The van der Waals surface area contributed by atoms with Crippen molar-refractivity contribution in [2.45, 2.75) is 32.2 Å². The Kier molecular flexibility index (Phi) is 5.05. The average Bonchev–Trinajstić information content (AvgIpc) is 3.07. The Labute approximate surface area is 135 Å². The number of morpholine rings is 1. The molecule has 0 spiro atoms. The van der Waals surface area contributed by atoms with Gasteiger partial charge in [-0.25, -0.2) is 0 Å². The van der Waals surface area contributed by atoms with Crippen LogP contribution in [-0.4, -0.2) is 41.0 Å². The summed E-state index contributed by atoms with van der Waals surface area (Å²) in [6, 6.07) is 9.83. The van der Waals surface area contributed by atoms with Gasteiger partial charge in [-0.3, -0.25) is 9.48 Å². The summed E-state index contributed by atoms with van der Waals surface area (Å²) in [4.78, 5) is 12.2. The minimum atomic E-state index is -0.275. The molecule has 6 nitrogen and oxygen atoms in total. The van der Waals surface area contributed by atoms with E-state index in [9.17, 15) is 4.79 Å². The van der Waals surface area contributed by atoms with E-state index in [0.29, 0.717) is 19.7 Å². The molecule has 1 aliphatic heterocycles. The molecule has 2 N–H and O–H groups in total. The Morgan fingerprint density at radius 1 is 1.39 bits per heavy atom. The predicted molar refractivity (Wildman–Crippen MR) is 86.8 cm³/mol. The van der Waals surface area contributed by atoms with Crippen LogP contribution in [0.15, 0.2) is 42.7 Å². The summed E-state index contributed by atoms with van der Waals surface area (Å²) in [6.45, 7) is 4.56. The maximum atomic E-state index is 12.2. The highest BCUT2D eigenvalue weighted by molar-refractivity contribution is 5.82. The third-order valence-corrected chi connectivity index (χ3v) is 3.99. The second-order valence-corrected chi connectivity index (χ2v) is 5.75. The molecule has 0 aliphatic carbocycles. The average molecular weight is 314 g/mol. The maximum absolute atomic E-state index is 12.2. The minimum absolute atomic E-state index is 0.0159. The summed E-state index contributed by atoms with van der Waals surface area (Å²) < 4.78 is 7.38. The molecule has 1 amide bonds. The maximum Gasteiger partial charge on any atom is 0.240 e. The summed E-state index contributed by atoms with van der Waals surface area (Å²) in [5, 5.41) is 10.4. The first-order valence-corrected chi connectivity index (χ1v) is 7.90. The van der Waals surface area contributed by atoms with Gasteiger partial charge in [0, 0.05) is 25.5 Å². The number of amides is 1. The highest BCUT2D eigenvalue weighted by atomic mass is 16.5. The van der Waals surface area contributed by atoms with Gasteiger partial charge in [-0.2, -0.15) is 5.10 Å². The summed E-state index contributed by atoms with van der Waals surface area (Å²) in [5.41, 5.74) is 2.26. The van der Waals surface area contributed by atoms with Crippen LogP contribution < -0.4 is 10.6 Å². The lowest BCUT2D eigenvalue weighted by atomic mass is 10.1. The molecule has 0 saturated carbocycles. The standard InChI is InChI=1S/C17H22N4O2/c1-13-16(18-8-10-23-13)17(22)19-11-14-3-5-15(6-4-14)12-21-9-2-7-20-21/h2-7,9,13,16,18H,8,10-12H2,1H3,(H,19,22)/t13-,16+/m1/s1. The molecule has 0 unspecified atom stereocenters. The predicted octanol–water partition coefficient (Wildman–Crippen LogP) is 0.925. The van der Waals surface area contributed by atoms with E-state index in [1.807, 2.05) is 36.0 Å². The number of hydrogen-bond acceptors (Lipinski definition) is 4. The smallest absolute Gasteiger partial charge is 0.240 e. The number of benzene rings is 1. The Morgan fingerprint density at radius 2 is 2.17 bits per heavy atom. The van der Waals surface area contributed by atoms with Crippen LogP contribution in [0.2, 0.25) is 0 Å². The molecule has 23 heavy (non-hydrogen) atoms. The molecule has 3 rings (SSSR count). The van der Waals surface area contributed by atoms with Crippen molar-refractivity contribution in [3.63, 3.8) is 0 Å². The van der Waals surface area contributed by atoms with E-state index >= 15 is 0 Å². The Morgan fingerprint density at radius 3 is 2.87 bits per heavy atom. The molecule has 2 heterocycles. The molecule has 1 aromatic heterocycles. The van der Waals surface area contributed by atoms with E-state index in [4.69, 9.17) is 4.74 Å². The monoisotopic (exact) mass is 314 g/mol. The second kappa shape index (κ2) is 7.39. The topological polar surface area (TPSA) is 68.2 Å². The highest BCUT2D eigenvalue weighted by Gasteiger charge is 2.27. The summed E-state index contributed by atoms with van der Waals surface area (Å²) in [5.74, 6) is -0.0159. The molecule has 122 valence electrons. The first kappa shape index (κ1) is 15.7. The van der Waals surface area contributed by atoms with E-state index in [-0.39, 0.29) is 18.1 Å². The molecule has 0 bridgehead atoms. The zero-order valence-electron chi connectivity index (χ0n) is 13.2. The number of rotatable bonds is 5. The van der Waals surface area contributed by atoms with Crippen LogP contribution in [0.3, 0.4) is 0 Å². The van der Waals surface area contributed by atoms with Crippen LogP contribution in [0.5, 0.6) is 0 Å². The van der Waals surface area contributed by atoms with Crippen LogP contribution >= 0.6 is 0 Å². The molecule has 1 saturated heterocycles. The van der Waals surface area contributed by atoms with Gasteiger partial charge in [-0.15, -0.1) is 0 Å². The number of nitrogens with one attached hydrogen (secondary N) is 2. The van der Waals surface area contributed by atoms with Crippen LogP contribution in [0.1, 0.15) is 18.1 Å². The van der Waals surface area contributed by atoms with Crippen molar-refractivity contribution in [2.75, 3.05) is 13.2 Å². The third-order valence-electron chi connectivity index (χ3n) is 3.99. The fraction of sp³-hybridized carbons (Fsp3) is 0.412. The van der Waals surface area contributed by atoms with Crippen LogP contribution in [0.25, 0.3) is 0 Å². The van der Waals surface area contributed by atoms with Crippen LogP contribution in [-0.2, 0) is 22.6 Å². The number of carbonyl (C=O) groups excluding carboxylic acids is 1. The molecular formula is C17H22N4O2. The molecule has 1 fully saturated rings. The number of carbonyl (C=O) groups is 1. The van der Waals surface area contributed by atoms with Gasteiger partial charge in [0.15, 0.2) is 0 Å². The fourth-order valence-corrected chi connectivity index (χ4v) is 2.67. The SMILES string of the molecule is C[C@H]1OCCN[C@@H]1C(=O)NCc1ccc(Cn2cccn2)cc1. The van der Waals surface area contributed by atoms with Crippen molar-refractivity contribution in [1.82, 2.24) is 20.4 Å². The zero-order valence-corrected chi connectivity index (χ0v) is 13.2. The van der Waals surface area contributed by atoms with E-state index in [1.54, 1.807) is 6.20 Å². The lowest BCUT2D eigenvalue weighted by molar-refractivity contribution is -0.129. The summed E-state index contributed by atoms with van der Waals surface area (Å²) in [7, 11) is 0. The second-order valence-electron chi connectivity index (χ2n) is 5.75. The summed E-state index contributed by atoms with van der Waals surface area (Å²) >= 11 is 0. The zero-order chi connectivity index (χ0) is 16.1. The van der Waals surface area contributed by atoms with E-state index in [2.05, 4.69) is 27.9 Å². The molecule has 0 radical (unpaired) electrons. The highest BCUT2D eigenvalue weighted by Crippen LogP contribution is 2.07. The first-order valence-electron chi connectivity index (χ1n) is 7.90. The van der Waals surface area contributed by atoms with Gasteiger partial charge in [0.25, 0.3) is 0 Å². The van der Waals surface area contributed by atoms with Crippen molar-refractivity contribution in [3.05, 3.63) is 53.9 Å². The fourth-order valence-electron chi connectivity index (χ4n) is 2.67. The molecule has 6 heteroatoms. The number of aromatic nitrogens is 2.